The van der Waals surface area contributed by atoms with Crippen molar-refractivity contribution in [2.24, 2.45) is 5.92 Å². The van der Waals surface area contributed by atoms with Crippen LogP contribution in [0.25, 0.3) is 0 Å². The summed E-state index contributed by atoms with van der Waals surface area (Å²) in [6.07, 6.45) is 0. The lowest BCUT2D eigenvalue weighted by Gasteiger charge is -2.37. The normalized spacial score (nSPS) is 17.4. The standard InChI is InChI=1S/C12H14N2/c1-10-7-14(8-10)9-12-4-2-3-11(5-12)6-13/h2-5,10H,7-9H2,1H3. The average molecular weight is 186 g/mol. The van der Waals surface area contributed by atoms with Crippen molar-refractivity contribution in [1.82, 2.24) is 4.90 Å². The van der Waals surface area contributed by atoms with Gasteiger partial charge in [0.2, 0.25) is 0 Å². The summed E-state index contributed by atoms with van der Waals surface area (Å²) in [7, 11) is 0. The Morgan fingerprint density at radius 3 is 2.93 bits per heavy atom. The zero-order valence-corrected chi connectivity index (χ0v) is 8.40. The van der Waals surface area contributed by atoms with Crippen LogP contribution in [0.4, 0.5) is 0 Å². The van der Waals surface area contributed by atoms with Crippen molar-refractivity contribution >= 4 is 0 Å². The first kappa shape index (κ1) is 9.23. The summed E-state index contributed by atoms with van der Waals surface area (Å²) >= 11 is 0. The molecule has 1 aromatic carbocycles. The molecule has 14 heavy (non-hydrogen) atoms. The van der Waals surface area contributed by atoms with Crippen LogP contribution in [0, 0.1) is 17.2 Å². The molecule has 0 unspecified atom stereocenters. The Labute approximate surface area is 84.8 Å². The van der Waals surface area contributed by atoms with Crippen LogP contribution in [0.15, 0.2) is 24.3 Å². The van der Waals surface area contributed by atoms with Crippen LogP contribution >= 0.6 is 0 Å². The van der Waals surface area contributed by atoms with E-state index in [0.717, 1.165) is 18.0 Å². The van der Waals surface area contributed by atoms with Crippen molar-refractivity contribution in [2.75, 3.05) is 13.1 Å². The van der Waals surface area contributed by atoms with Crippen LogP contribution in [0.1, 0.15) is 18.1 Å². The highest BCUT2D eigenvalue weighted by Gasteiger charge is 2.21. The summed E-state index contributed by atoms with van der Waals surface area (Å²) in [5.74, 6) is 0.842. The molecule has 0 amide bonds. The van der Waals surface area contributed by atoms with Gasteiger partial charge < -0.3 is 0 Å². The topological polar surface area (TPSA) is 27.0 Å². The lowest BCUT2D eigenvalue weighted by atomic mass is 10.0. The molecule has 1 saturated heterocycles. The van der Waals surface area contributed by atoms with Crippen LogP contribution in [0.3, 0.4) is 0 Å². The lowest BCUT2D eigenvalue weighted by Crippen LogP contribution is -2.44. The maximum absolute atomic E-state index is 8.75. The number of hydrogen-bond acceptors (Lipinski definition) is 2. The van der Waals surface area contributed by atoms with Crippen molar-refractivity contribution in [3.05, 3.63) is 35.4 Å². The van der Waals surface area contributed by atoms with Crippen molar-refractivity contribution in [3.63, 3.8) is 0 Å². The Hall–Kier alpha value is -1.33. The quantitative estimate of drug-likeness (QED) is 0.706. The number of nitriles is 1. The van der Waals surface area contributed by atoms with Gasteiger partial charge in [-0.05, 0) is 23.6 Å². The van der Waals surface area contributed by atoms with Gasteiger partial charge in [0.05, 0.1) is 11.6 Å². The van der Waals surface area contributed by atoms with Crippen LogP contribution in [0.2, 0.25) is 0 Å². The molecule has 1 aromatic rings. The van der Waals surface area contributed by atoms with E-state index >= 15 is 0 Å². The Bertz CT molecular complexity index is 359. The van der Waals surface area contributed by atoms with Crippen molar-refractivity contribution in [2.45, 2.75) is 13.5 Å². The summed E-state index contributed by atoms with van der Waals surface area (Å²) in [5, 5.41) is 8.75. The van der Waals surface area contributed by atoms with Crippen LogP contribution in [-0.4, -0.2) is 18.0 Å². The number of likely N-dealkylation sites (tertiary alicyclic amines) is 1. The molecule has 0 spiro atoms. The minimum absolute atomic E-state index is 0.760. The molecule has 0 aromatic heterocycles. The summed E-state index contributed by atoms with van der Waals surface area (Å²) < 4.78 is 0. The van der Waals surface area contributed by atoms with Gasteiger partial charge in [-0.2, -0.15) is 5.26 Å². The van der Waals surface area contributed by atoms with E-state index in [-0.39, 0.29) is 0 Å². The highest BCUT2D eigenvalue weighted by molar-refractivity contribution is 5.32. The molecule has 1 aliphatic heterocycles. The van der Waals surface area contributed by atoms with E-state index in [1.807, 2.05) is 18.2 Å². The first-order chi connectivity index (χ1) is 6.78. The molecule has 0 aliphatic carbocycles. The minimum atomic E-state index is 0.760. The third-order valence-corrected chi connectivity index (χ3v) is 2.60. The molecule has 2 heteroatoms. The summed E-state index contributed by atoms with van der Waals surface area (Å²) in [5.41, 5.74) is 2.01. The first-order valence-corrected chi connectivity index (χ1v) is 4.99. The smallest absolute Gasteiger partial charge is 0.0991 e. The molecule has 2 nitrogen and oxygen atoms in total. The van der Waals surface area contributed by atoms with Crippen LogP contribution in [0.5, 0.6) is 0 Å². The minimum Gasteiger partial charge on any atom is -0.298 e. The van der Waals surface area contributed by atoms with Gasteiger partial charge in [-0.15, -0.1) is 0 Å². The van der Waals surface area contributed by atoms with Gasteiger partial charge in [-0.1, -0.05) is 19.1 Å². The highest BCUT2D eigenvalue weighted by Crippen LogP contribution is 2.17. The second kappa shape index (κ2) is 3.81. The average Bonchev–Trinajstić information content (AvgIpc) is 2.16. The monoisotopic (exact) mass is 186 g/mol. The third-order valence-electron chi connectivity index (χ3n) is 2.60. The van der Waals surface area contributed by atoms with Crippen LogP contribution < -0.4 is 0 Å². The molecule has 0 N–H and O–H groups in total. The SMILES string of the molecule is CC1CN(Cc2cccc(C#N)c2)C1. The van der Waals surface area contributed by atoms with Gasteiger partial charge in [0.1, 0.15) is 0 Å². The maximum Gasteiger partial charge on any atom is 0.0991 e. The molecular formula is C12H14N2. The summed E-state index contributed by atoms with van der Waals surface area (Å²) in [4.78, 5) is 2.40. The molecule has 1 fully saturated rings. The molecule has 0 saturated carbocycles. The van der Waals surface area contributed by atoms with E-state index < -0.39 is 0 Å². The van der Waals surface area contributed by atoms with E-state index in [1.54, 1.807) is 0 Å². The predicted octanol–water partition coefficient (Wildman–Crippen LogP) is 2.01. The van der Waals surface area contributed by atoms with Gasteiger partial charge >= 0.3 is 0 Å². The van der Waals surface area contributed by atoms with Crippen molar-refractivity contribution in [1.29, 1.82) is 5.26 Å². The van der Waals surface area contributed by atoms with E-state index in [4.69, 9.17) is 5.26 Å². The Morgan fingerprint density at radius 2 is 2.29 bits per heavy atom. The highest BCUT2D eigenvalue weighted by atomic mass is 15.2. The van der Waals surface area contributed by atoms with E-state index in [1.165, 1.54) is 18.7 Å². The predicted molar refractivity (Wildman–Crippen MR) is 55.6 cm³/mol. The molecule has 72 valence electrons. The second-order valence-electron chi connectivity index (χ2n) is 4.11. The third kappa shape index (κ3) is 1.94. The van der Waals surface area contributed by atoms with Crippen LogP contribution in [-0.2, 0) is 6.54 Å². The molecule has 0 bridgehead atoms. The molecule has 0 atom stereocenters. The molecular weight excluding hydrogens is 172 g/mol. The first-order valence-electron chi connectivity index (χ1n) is 4.99. The van der Waals surface area contributed by atoms with Gasteiger partial charge in [0.25, 0.3) is 0 Å². The fourth-order valence-corrected chi connectivity index (χ4v) is 1.95. The molecule has 0 radical (unpaired) electrons. The Balaban J connectivity index is 2.00. The van der Waals surface area contributed by atoms with E-state index in [0.29, 0.717) is 0 Å². The number of nitrogens with zero attached hydrogens (tertiary/aromatic N) is 2. The second-order valence-corrected chi connectivity index (χ2v) is 4.11. The number of hydrogen-bond donors (Lipinski definition) is 0. The van der Waals surface area contributed by atoms with Crippen molar-refractivity contribution < 1.29 is 0 Å². The molecule has 1 heterocycles. The van der Waals surface area contributed by atoms with E-state index in [9.17, 15) is 0 Å². The number of benzene rings is 1. The lowest BCUT2D eigenvalue weighted by molar-refractivity contribution is 0.105. The Morgan fingerprint density at radius 1 is 1.50 bits per heavy atom. The van der Waals surface area contributed by atoms with Gasteiger partial charge in [-0.25, -0.2) is 0 Å². The number of rotatable bonds is 2. The largest absolute Gasteiger partial charge is 0.298 e. The zero-order valence-electron chi connectivity index (χ0n) is 8.40. The Kier molecular flexibility index (Phi) is 2.51. The summed E-state index contributed by atoms with van der Waals surface area (Å²) in [6, 6.07) is 10.0. The summed E-state index contributed by atoms with van der Waals surface area (Å²) in [6.45, 7) is 5.63. The zero-order chi connectivity index (χ0) is 9.97. The van der Waals surface area contributed by atoms with Gasteiger partial charge in [0.15, 0.2) is 0 Å². The van der Waals surface area contributed by atoms with E-state index in [2.05, 4.69) is 24.0 Å². The van der Waals surface area contributed by atoms with Crippen molar-refractivity contribution in [3.8, 4) is 6.07 Å². The van der Waals surface area contributed by atoms with Gasteiger partial charge in [0, 0.05) is 19.6 Å². The molecule has 1 aliphatic rings. The maximum atomic E-state index is 8.75. The molecule has 2 rings (SSSR count). The van der Waals surface area contributed by atoms with Gasteiger partial charge in [-0.3, -0.25) is 4.90 Å². The fraction of sp³-hybridized carbons (Fsp3) is 0.417. The fourth-order valence-electron chi connectivity index (χ4n) is 1.95.